The summed E-state index contributed by atoms with van der Waals surface area (Å²) in [7, 11) is 0. The fourth-order valence-electron chi connectivity index (χ4n) is 16.1. The van der Waals surface area contributed by atoms with Gasteiger partial charge in [0.25, 0.3) is 38.6 Å². The van der Waals surface area contributed by atoms with Crippen LogP contribution >= 0.6 is 0 Å². The quantitative estimate of drug-likeness (QED) is 0.0308. The number of hydrogen-bond acceptors (Lipinski definition) is 23. The van der Waals surface area contributed by atoms with Gasteiger partial charge in [-0.25, -0.2) is 62.3 Å². The van der Waals surface area contributed by atoms with Gasteiger partial charge in [0, 0.05) is 5.92 Å². The van der Waals surface area contributed by atoms with Gasteiger partial charge in [0.1, 0.15) is 64.1 Å². The molecular weight excluding hydrogens is 1590 g/mol. The van der Waals surface area contributed by atoms with E-state index in [-0.39, 0.29) is 43.2 Å². The Kier molecular flexibility index (Phi) is 34.5. The van der Waals surface area contributed by atoms with Crippen LogP contribution in [0.1, 0.15) is 233 Å². The van der Waals surface area contributed by atoms with Crippen LogP contribution in [0, 0.1) is 5.92 Å². The van der Waals surface area contributed by atoms with Crippen LogP contribution in [-0.2, 0) is 61.6 Å². The maximum atomic E-state index is 14.1. The third kappa shape index (κ3) is 22.2. The van der Waals surface area contributed by atoms with Gasteiger partial charge in [-0.3, -0.25) is 0 Å². The van der Waals surface area contributed by atoms with Gasteiger partial charge in [-0.05, 0) is 195 Å². The molecule has 680 valence electrons. The van der Waals surface area contributed by atoms with E-state index in [1.54, 1.807) is 171 Å². The van der Waals surface area contributed by atoms with Crippen LogP contribution in [0.5, 0.6) is 0 Å². The van der Waals surface area contributed by atoms with Gasteiger partial charge in [-0.2, -0.15) is 0 Å². The Labute approximate surface area is 683 Å². The van der Waals surface area contributed by atoms with E-state index in [9.17, 15) is 98.0 Å². The Bertz CT molecular complexity index is 3520. The first-order valence-electron chi connectivity index (χ1n) is 38.9. The van der Waals surface area contributed by atoms with Crippen LogP contribution in [-0.4, -0.2) is 238 Å². The summed E-state index contributed by atoms with van der Waals surface area (Å²) in [6.45, 7) is 41.0. The number of benzene rings is 2. The van der Waals surface area contributed by atoms with Crippen molar-refractivity contribution in [3.05, 3.63) is 107 Å². The molecule has 9 rings (SSSR count). The number of rotatable bonds is 22. The molecule has 0 bridgehead atoms. The van der Waals surface area contributed by atoms with E-state index < -0.39 is 203 Å². The summed E-state index contributed by atoms with van der Waals surface area (Å²) in [5.74, 6) is -6.56. The van der Waals surface area contributed by atoms with E-state index >= 15 is 0 Å². The molecule has 7 heterocycles. The molecule has 2 aromatic rings. The minimum Gasteiger partial charge on any atom is -0.449 e. The normalized spacial score (nSPS) is 36.1. The largest absolute Gasteiger partial charge is 0.449 e. The van der Waals surface area contributed by atoms with Gasteiger partial charge in [-0.1, -0.05) is 113 Å². The summed E-state index contributed by atoms with van der Waals surface area (Å²) in [6.07, 6.45) is -24.0. The van der Waals surface area contributed by atoms with E-state index in [0.717, 1.165) is 23.6 Å². The van der Waals surface area contributed by atoms with E-state index in [2.05, 4.69) is 4.74 Å². The van der Waals surface area contributed by atoms with Crippen molar-refractivity contribution in [3.8, 4) is 0 Å². The highest BCUT2D eigenvalue weighted by Gasteiger charge is 2.73. The molecule has 7 aliphatic rings. The van der Waals surface area contributed by atoms with Gasteiger partial charge >= 0.3 is 11.9 Å². The Morgan fingerprint density at radius 2 is 0.771 bits per heavy atom. The van der Waals surface area contributed by atoms with E-state index in [1.807, 2.05) is 27.7 Å². The molecule has 0 aromatic heterocycles. The molecule has 2 aromatic carbocycles. The molecule has 0 saturated carbocycles. The second-order valence-corrected chi connectivity index (χ2v) is 34.4. The average molecular weight is 1720 g/mol. The molecule has 35 heteroatoms. The summed E-state index contributed by atoms with van der Waals surface area (Å²) in [4.78, 5) is 25.3. The molecule has 8 N–H and O–H groups in total. The number of carbonyl (C=O) groups is 2. The second kappa shape index (κ2) is 38.6. The van der Waals surface area contributed by atoms with Crippen molar-refractivity contribution in [2.75, 3.05) is 6.61 Å². The SMILES string of the molecule is CC(C)=C[C@]1(C)OC(C)(C)O[C@@H]1[C@](O)(CO)C(F)F.CC[C@@]1(C(F)F)OC(O)[C@](C)(O)[C@@H]1O.CC[C@@]1(C(F)F)OC(O)[C@]2(C)OC(C)(C)O[C@@H]21.CC[C@@]1(C(F)F)OC(OC(=O)c2ccccc2)[C@](C)(OC(=O)c2ccccc2)[C@@H]1C.CC[C@](O)(C(F)F)[C@H]1OC(C)(C)O[C@@]1(C)C=C(C)C.CC[C@](O)(C(F)F)[C@H]1OC(C)(C)O[C@@]1(C)C=C(C)C. The minimum atomic E-state index is -3.15. The number of halogens is 12. The summed E-state index contributed by atoms with van der Waals surface area (Å²) in [6, 6.07) is 16.3. The molecule has 7 fully saturated rings. The molecule has 0 spiro atoms. The number of aliphatic hydroxyl groups is 8. The third-order valence-electron chi connectivity index (χ3n) is 22.0. The van der Waals surface area contributed by atoms with Crippen LogP contribution in [0.2, 0.25) is 0 Å². The maximum absolute atomic E-state index is 14.1. The lowest BCUT2D eigenvalue weighted by molar-refractivity contribution is -0.278. The van der Waals surface area contributed by atoms with Crippen molar-refractivity contribution in [2.24, 2.45) is 5.92 Å². The first-order chi connectivity index (χ1) is 53.6. The summed E-state index contributed by atoms with van der Waals surface area (Å²) in [5.41, 5.74) is -18.2. The molecule has 118 heavy (non-hydrogen) atoms. The first-order valence-corrected chi connectivity index (χ1v) is 38.9. The highest BCUT2D eigenvalue weighted by Crippen LogP contribution is 2.56. The van der Waals surface area contributed by atoms with Crippen molar-refractivity contribution in [2.45, 2.75) is 390 Å². The molecule has 0 amide bonds. The third-order valence-corrected chi connectivity index (χ3v) is 22.0. The van der Waals surface area contributed by atoms with Crippen molar-refractivity contribution in [1.82, 2.24) is 0 Å². The number of esters is 2. The number of allylic oxidation sites excluding steroid dienone is 3. The number of aliphatic hydroxyl groups excluding tert-OH is 4. The van der Waals surface area contributed by atoms with Crippen molar-refractivity contribution < 1.29 is 165 Å². The monoisotopic (exact) mass is 1720 g/mol. The predicted molar refractivity (Wildman–Crippen MR) is 407 cm³/mol. The van der Waals surface area contributed by atoms with Crippen LogP contribution in [0.25, 0.3) is 0 Å². The van der Waals surface area contributed by atoms with Gasteiger partial charge in [0.05, 0.1) is 17.7 Å². The number of carbonyl (C=O) groups excluding carboxylic acids is 2. The zero-order chi connectivity index (χ0) is 91.3. The fraction of sp³-hybridized carbons (Fsp3) is 0.759. The van der Waals surface area contributed by atoms with Gasteiger partial charge in [0.15, 0.2) is 69.3 Å². The Hall–Kier alpha value is -5.00. The van der Waals surface area contributed by atoms with E-state index in [4.69, 9.17) is 61.9 Å². The molecule has 0 aliphatic carbocycles. The first kappa shape index (κ1) is 105. The van der Waals surface area contributed by atoms with Crippen molar-refractivity contribution in [1.29, 1.82) is 0 Å². The predicted octanol–water partition coefficient (Wildman–Crippen LogP) is 14.8. The molecule has 21 atom stereocenters. The molecule has 0 radical (unpaired) electrons. The number of ether oxygens (including phenoxy) is 13. The molecule has 7 aliphatic heterocycles. The van der Waals surface area contributed by atoms with Crippen LogP contribution in [0.3, 0.4) is 0 Å². The highest BCUT2D eigenvalue weighted by atomic mass is 19.3. The summed E-state index contributed by atoms with van der Waals surface area (Å²) in [5, 5.41) is 77.8. The van der Waals surface area contributed by atoms with Gasteiger partial charge in [-0.15, -0.1) is 0 Å². The standard InChI is InChI=1S/C23H24F2O5.2C14H24F2O3.C13H22F2O4.C11H18F2O4.C8H14F2O4/c1-4-23(20(24)25)15(2)22(3,29-19(27)17-13-9-6-10-14-17)21(30-23)28-18(26)16-11-7-5-8-12-16;2*1-7-14(17,11(15)16)10-13(6,8-9(2)3)19-12(4,5)18-10;1-8(2)6-12(5)9(18-11(3,4)19-12)13(17,7-16)10(14)15;1-5-11(7(12)13)6-10(4,8(14)16-11)17-9(2,3)15-6;1-3-8(5(9)10)4(11)7(2,13)6(12)14-8/h5-15,20-21H,4H2,1-3H3;2*8,10-11,17H,7H2,1-6H3;6,9-10,16-17H,7H2,1-5H3;6-8,14H,5H2,1-4H3;4-6,11-13H,3H2,1-2H3/t15-,21?,22+,23+;2*10-,13-,14+;9-,12-,13+;6-,8?,10+,11+;4-,6?,7+,8+/m000000/s1. The minimum absolute atomic E-state index is 0.0431. The number of fused-ring (bicyclic) bond motifs is 1. The zero-order valence-electron chi connectivity index (χ0n) is 72.1. The van der Waals surface area contributed by atoms with Crippen molar-refractivity contribution in [3.63, 3.8) is 0 Å². The van der Waals surface area contributed by atoms with Crippen LogP contribution in [0.15, 0.2) is 95.6 Å². The lowest BCUT2D eigenvalue weighted by Gasteiger charge is -2.37. The molecular formula is C83H126F12O23. The van der Waals surface area contributed by atoms with E-state index in [1.165, 1.54) is 53.7 Å². The Morgan fingerprint density at radius 3 is 1.05 bits per heavy atom. The lowest BCUT2D eigenvalue weighted by atomic mass is 9.78. The highest BCUT2D eigenvalue weighted by molar-refractivity contribution is 5.90. The number of alkyl halides is 12. The Morgan fingerprint density at radius 1 is 0.449 bits per heavy atom. The van der Waals surface area contributed by atoms with Crippen LogP contribution < -0.4 is 0 Å². The van der Waals surface area contributed by atoms with Crippen molar-refractivity contribution >= 4 is 11.9 Å². The number of hydrogen-bond donors (Lipinski definition) is 8. The molecule has 7 saturated heterocycles. The zero-order valence-corrected chi connectivity index (χ0v) is 72.1. The maximum Gasteiger partial charge on any atom is 0.340 e. The average Bonchev–Trinajstić information content (AvgIpc) is 1.54. The molecule has 23 nitrogen and oxygen atoms in total. The lowest BCUT2D eigenvalue weighted by Crippen LogP contribution is -2.59. The smallest absolute Gasteiger partial charge is 0.340 e. The Balaban J connectivity index is 0.000000303. The summed E-state index contributed by atoms with van der Waals surface area (Å²) < 4.78 is 231. The second-order valence-electron chi connectivity index (χ2n) is 34.4. The molecule has 3 unspecified atom stereocenters. The topological polar surface area (TPSA) is 316 Å². The van der Waals surface area contributed by atoms with Crippen LogP contribution in [0.4, 0.5) is 52.7 Å². The van der Waals surface area contributed by atoms with Gasteiger partial charge < -0.3 is 102 Å². The summed E-state index contributed by atoms with van der Waals surface area (Å²) >= 11 is 0. The van der Waals surface area contributed by atoms with E-state index in [0.29, 0.717) is 0 Å². The van der Waals surface area contributed by atoms with Gasteiger partial charge in [0.2, 0.25) is 6.29 Å². The fourth-order valence-corrected chi connectivity index (χ4v) is 16.1.